The lowest BCUT2D eigenvalue weighted by Crippen LogP contribution is -2.52. The van der Waals surface area contributed by atoms with Crippen LogP contribution in [0.2, 0.25) is 0 Å². The summed E-state index contributed by atoms with van der Waals surface area (Å²) in [6, 6.07) is 27.4. The molecule has 0 bridgehead atoms. The third-order valence-corrected chi connectivity index (χ3v) is 14.2. The van der Waals surface area contributed by atoms with Crippen molar-refractivity contribution in [3.63, 3.8) is 0 Å². The Morgan fingerprint density at radius 1 is 0.259 bits per heavy atom. The highest BCUT2D eigenvalue weighted by Crippen LogP contribution is 2.42. The fraction of sp³-hybridized carbons (Fsp3) is 0. The van der Waals surface area contributed by atoms with Crippen LogP contribution in [-0.2, 0) is 0 Å². The van der Waals surface area contributed by atoms with Gasteiger partial charge < -0.3 is 0 Å². The molecule has 242 valence electrons. The first kappa shape index (κ1) is 36.7. The van der Waals surface area contributed by atoms with Gasteiger partial charge in [-0.1, -0.05) is 110 Å². The Hall–Kier alpha value is -4.29. The molecule has 0 fully saturated rings. The molecule has 0 radical (unpaired) electrons. The molecule has 0 aromatic heterocycles. The molecular formula is C40H40B14. The van der Waals surface area contributed by atoms with Gasteiger partial charge >= 0.3 is 0 Å². The van der Waals surface area contributed by atoms with Crippen molar-refractivity contribution in [3.8, 4) is 33.4 Å². The molecule has 0 unspecified atom stereocenters. The zero-order valence-corrected chi connectivity index (χ0v) is 34.9. The third kappa shape index (κ3) is 5.18. The minimum Gasteiger partial charge on any atom is -0.101 e. The van der Waals surface area contributed by atoms with E-state index in [0.717, 1.165) is 0 Å². The second-order valence-electron chi connectivity index (χ2n) is 16.5. The van der Waals surface area contributed by atoms with Crippen LogP contribution in [-0.4, -0.2) is 110 Å². The zero-order chi connectivity index (χ0) is 38.7. The van der Waals surface area contributed by atoms with Crippen LogP contribution in [0.5, 0.6) is 0 Å². The first-order valence-electron chi connectivity index (χ1n) is 19.7. The van der Waals surface area contributed by atoms with Gasteiger partial charge in [0.2, 0.25) is 0 Å². The Morgan fingerprint density at radius 3 is 1.26 bits per heavy atom. The minimum absolute atomic E-state index is 1.24. The van der Waals surface area contributed by atoms with Crippen molar-refractivity contribution in [3.05, 3.63) is 72.8 Å². The molecule has 0 spiro atoms. The Balaban J connectivity index is 1.58. The quantitative estimate of drug-likeness (QED) is 0.130. The van der Waals surface area contributed by atoms with Crippen molar-refractivity contribution in [1.29, 1.82) is 0 Å². The lowest BCUT2D eigenvalue weighted by Gasteiger charge is -2.30. The summed E-state index contributed by atoms with van der Waals surface area (Å²) in [5, 5.41) is 11.0. The maximum absolute atomic E-state index is 2.52. The van der Waals surface area contributed by atoms with Gasteiger partial charge in [-0.3, -0.25) is 0 Å². The summed E-state index contributed by atoms with van der Waals surface area (Å²) in [7, 11) is 32.8. The summed E-state index contributed by atoms with van der Waals surface area (Å²) in [5.41, 5.74) is 27.5. The van der Waals surface area contributed by atoms with Gasteiger partial charge in [-0.05, 0) is 82.5 Å². The molecule has 0 atom stereocenters. The van der Waals surface area contributed by atoms with Crippen molar-refractivity contribution >= 4 is 229 Å². The highest BCUT2D eigenvalue weighted by atomic mass is 14.3. The van der Waals surface area contributed by atoms with Gasteiger partial charge in [-0.2, -0.15) is 0 Å². The normalized spacial score (nSPS) is 11.6. The third-order valence-electron chi connectivity index (χ3n) is 14.2. The molecule has 8 aromatic rings. The topological polar surface area (TPSA) is 0 Å². The summed E-state index contributed by atoms with van der Waals surface area (Å²) in [4.78, 5) is 0. The summed E-state index contributed by atoms with van der Waals surface area (Å²) in [6.45, 7) is 0. The Morgan fingerprint density at radius 2 is 0.685 bits per heavy atom. The SMILES string of the molecule is Bc1cc2c(-c3c(B)c(B)c(B)c4c(B)c(B)c(B)c(B)c34)c3c(B)c(B)c(B)c(B)c3c(-c3ccc(-c4ccc5ccccc5c4)cc3)c2c(B)c1B. The highest BCUT2D eigenvalue weighted by molar-refractivity contribution is 6.73. The molecule has 8 rings (SSSR count). The molecule has 0 aliphatic carbocycles. The van der Waals surface area contributed by atoms with Crippen LogP contribution in [0.4, 0.5) is 0 Å². The second kappa shape index (κ2) is 13.2. The fourth-order valence-corrected chi connectivity index (χ4v) is 9.80. The van der Waals surface area contributed by atoms with Crippen LogP contribution in [0.3, 0.4) is 0 Å². The van der Waals surface area contributed by atoms with E-state index in [4.69, 9.17) is 0 Å². The van der Waals surface area contributed by atoms with Crippen LogP contribution < -0.4 is 76.5 Å². The lowest BCUT2D eigenvalue weighted by molar-refractivity contribution is 1.64. The molecule has 0 saturated carbocycles. The van der Waals surface area contributed by atoms with E-state index in [2.05, 4.69) is 183 Å². The Kier molecular flexibility index (Phi) is 8.95. The van der Waals surface area contributed by atoms with Crippen molar-refractivity contribution < 1.29 is 0 Å². The van der Waals surface area contributed by atoms with Gasteiger partial charge in [0.25, 0.3) is 0 Å². The number of hydrogen-bond acceptors (Lipinski definition) is 0. The fourth-order valence-electron chi connectivity index (χ4n) is 9.80. The van der Waals surface area contributed by atoms with E-state index in [1.165, 1.54) is 153 Å². The van der Waals surface area contributed by atoms with Crippen molar-refractivity contribution in [2.45, 2.75) is 0 Å². The van der Waals surface area contributed by atoms with Gasteiger partial charge in [-0.15, -0.1) is 32.8 Å². The van der Waals surface area contributed by atoms with Crippen LogP contribution in [0.25, 0.3) is 76.5 Å². The summed E-state index contributed by atoms with van der Waals surface area (Å²) >= 11 is 0. The van der Waals surface area contributed by atoms with Crippen molar-refractivity contribution in [1.82, 2.24) is 0 Å². The molecule has 0 aliphatic heterocycles. The van der Waals surface area contributed by atoms with Crippen LogP contribution in [0.15, 0.2) is 72.8 Å². The standard InChI is InChI=1S/C40H40B14/c41-19-12-18-21(25-26-27(34(48)36(50)31(25)45)35(49)40(54)39(53)33(26)47)24-23(30(44)37(51)38(52)32(24)46)20(22(18)29(43)28(19)42)15-8-5-14(6-9-15)17-10-7-13-3-1-2-4-16(13)11-17/h1-12H,41-54H2. The molecule has 0 amide bonds. The molecule has 8 aromatic carbocycles. The predicted molar refractivity (Wildman–Crippen MR) is 287 cm³/mol. The molecule has 0 heterocycles. The number of rotatable bonds is 3. The smallest absolute Gasteiger partial charge is 0.101 e. The zero-order valence-electron chi connectivity index (χ0n) is 34.9. The molecule has 14 heteroatoms. The van der Waals surface area contributed by atoms with E-state index in [9.17, 15) is 0 Å². The predicted octanol–water partition coefficient (Wildman–Crippen LogP) is -13.1. The molecule has 0 N–H and O–H groups in total. The summed E-state index contributed by atoms with van der Waals surface area (Å²) < 4.78 is 0. The average molecular weight is 672 g/mol. The van der Waals surface area contributed by atoms with Crippen molar-refractivity contribution in [2.75, 3.05) is 0 Å². The lowest BCUT2D eigenvalue weighted by atomic mass is 9.57. The van der Waals surface area contributed by atoms with E-state index < -0.39 is 0 Å². The van der Waals surface area contributed by atoms with Gasteiger partial charge in [0, 0.05) is 0 Å². The summed E-state index contributed by atoms with van der Waals surface area (Å²) in [6.07, 6.45) is 0. The maximum atomic E-state index is 2.52. The van der Waals surface area contributed by atoms with E-state index in [0.29, 0.717) is 0 Å². The number of benzene rings is 8. The van der Waals surface area contributed by atoms with E-state index in [-0.39, 0.29) is 0 Å². The van der Waals surface area contributed by atoms with E-state index in [1.807, 2.05) is 0 Å². The van der Waals surface area contributed by atoms with Gasteiger partial charge in [0.15, 0.2) is 0 Å². The van der Waals surface area contributed by atoms with Gasteiger partial charge in [-0.25, -0.2) is 0 Å². The molecule has 0 aliphatic rings. The first-order valence-corrected chi connectivity index (χ1v) is 19.7. The van der Waals surface area contributed by atoms with Crippen molar-refractivity contribution in [2.24, 2.45) is 0 Å². The second-order valence-corrected chi connectivity index (χ2v) is 16.5. The minimum atomic E-state index is 1.24. The highest BCUT2D eigenvalue weighted by Gasteiger charge is 2.27. The van der Waals surface area contributed by atoms with Crippen LogP contribution in [0, 0.1) is 0 Å². The maximum Gasteiger partial charge on any atom is 0.139 e. The van der Waals surface area contributed by atoms with Gasteiger partial charge in [0.05, 0.1) is 0 Å². The largest absolute Gasteiger partial charge is 0.139 e. The number of fused-ring (bicyclic) bond motifs is 4. The van der Waals surface area contributed by atoms with E-state index >= 15 is 0 Å². The van der Waals surface area contributed by atoms with Crippen LogP contribution >= 0.6 is 0 Å². The number of hydrogen-bond donors (Lipinski definition) is 0. The molecular weight excluding hydrogens is 632 g/mol. The van der Waals surface area contributed by atoms with Crippen LogP contribution in [0.1, 0.15) is 0 Å². The molecule has 54 heavy (non-hydrogen) atoms. The Bertz CT molecular complexity index is 2960. The molecule has 0 saturated heterocycles. The summed E-state index contributed by atoms with van der Waals surface area (Å²) in [5.74, 6) is 0. The van der Waals surface area contributed by atoms with Gasteiger partial charge in [0.1, 0.15) is 110 Å². The Labute approximate surface area is 333 Å². The molecule has 0 nitrogen and oxygen atoms in total. The first-order chi connectivity index (χ1) is 25.6. The van der Waals surface area contributed by atoms with E-state index in [1.54, 1.807) is 0 Å². The monoisotopic (exact) mass is 674 g/mol. The average Bonchev–Trinajstić information content (AvgIpc) is 3.18.